The molecule has 0 atom stereocenters. The topological polar surface area (TPSA) is 46.2 Å². The summed E-state index contributed by atoms with van der Waals surface area (Å²) in [6.45, 7) is 0. The second-order valence-corrected chi connectivity index (χ2v) is 6.45. The van der Waals surface area contributed by atoms with E-state index < -0.39 is 10.0 Å². The van der Waals surface area contributed by atoms with Crippen molar-refractivity contribution in [3.05, 3.63) is 34.3 Å². The summed E-state index contributed by atoms with van der Waals surface area (Å²) in [6.07, 6.45) is 1.94. The number of sulfonamides is 1. The molecule has 0 unspecified atom stereocenters. The first-order chi connectivity index (χ1) is 7.05. The van der Waals surface area contributed by atoms with Gasteiger partial charge in [-0.1, -0.05) is 28.1 Å². The van der Waals surface area contributed by atoms with Crippen molar-refractivity contribution in [2.24, 2.45) is 0 Å². The van der Waals surface area contributed by atoms with Crippen LogP contribution >= 0.6 is 15.9 Å². The van der Waals surface area contributed by atoms with Gasteiger partial charge in [0.25, 0.3) is 0 Å². The first kappa shape index (κ1) is 11.1. The fraction of sp³-hybridized carbons (Fsp3) is 0.400. The number of rotatable bonds is 4. The SMILES string of the molecule is O=S(=O)(Cc1ccc(Br)cc1)NC1CC1. The summed E-state index contributed by atoms with van der Waals surface area (Å²) in [5.74, 6) is 0.0662. The molecule has 1 fully saturated rings. The zero-order chi connectivity index (χ0) is 10.9. The van der Waals surface area contributed by atoms with Gasteiger partial charge < -0.3 is 0 Å². The number of halogens is 1. The van der Waals surface area contributed by atoms with Crippen LogP contribution in [0.4, 0.5) is 0 Å². The van der Waals surface area contributed by atoms with Crippen molar-refractivity contribution in [1.29, 1.82) is 0 Å². The van der Waals surface area contributed by atoms with Crippen LogP contribution in [-0.2, 0) is 15.8 Å². The van der Waals surface area contributed by atoms with Crippen LogP contribution in [-0.4, -0.2) is 14.5 Å². The molecule has 5 heteroatoms. The maximum absolute atomic E-state index is 11.6. The second-order valence-electron chi connectivity index (χ2n) is 3.78. The number of benzene rings is 1. The van der Waals surface area contributed by atoms with Crippen LogP contribution in [0.5, 0.6) is 0 Å². The lowest BCUT2D eigenvalue weighted by atomic mass is 10.2. The van der Waals surface area contributed by atoms with Crippen LogP contribution in [0.1, 0.15) is 18.4 Å². The second kappa shape index (κ2) is 4.23. The molecule has 0 bridgehead atoms. The molecule has 82 valence electrons. The van der Waals surface area contributed by atoms with Gasteiger partial charge >= 0.3 is 0 Å². The zero-order valence-corrected chi connectivity index (χ0v) is 10.5. The van der Waals surface area contributed by atoms with Crippen molar-refractivity contribution in [3.63, 3.8) is 0 Å². The van der Waals surface area contributed by atoms with E-state index in [1.807, 2.05) is 24.3 Å². The van der Waals surface area contributed by atoms with Crippen molar-refractivity contribution in [3.8, 4) is 0 Å². The lowest BCUT2D eigenvalue weighted by molar-refractivity contribution is 0.580. The van der Waals surface area contributed by atoms with E-state index in [4.69, 9.17) is 0 Å². The molecule has 1 aromatic carbocycles. The van der Waals surface area contributed by atoms with Gasteiger partial charge in [-0.25, -0.2) is 13.1 Å². The maximum Gasteiger partial charge on any atom is 0.216 e. The van der Waals surface area contributed by atoms with Crippen molar-refractivity contribution >= 4 is 26.0 Å². The van der Waals surface area contributed by atoms with Crippen molar-refractivity contribution in [2.75, 3.05) is 0 Å². The summed E-state index contributed by atoms with van der Waals surface area (Å²) in [6, 6.07) is 7.52. The van der Waals surface area contributed by atoms with Crippen LogP contribution in [0.15, 0.2) is 28.7 Å². The fourth-order valence-electron chi connectivity index (χ4n) is 1.30. The molecule has 0 spiro atoms. The van der Waals surface area contributed by atoms with Gasteiger partial charge in [-0.3, -0.25) is 0 Å². The van der Waals surface area contributed by atoms with E-state index in [0.717, 1.165) is 22.9 Å². The predicted octanol–water partition coefficient (Wildman–Crippen LogP) is 2.03. The summed E-state index contributed by atoms with van der Waals surface area (Å²) in [4.78, 5) is 0. The molecule has 0 aromatic heterocycles. The summed E-state index contributed by atoms with van der Waals surface area (Å²) in [5.41, 5.74) is 0.811. The quantitative estimate of drug-likeness (QED) is 0.922. The van der Waals surface area contributed by atoms with Crippen molar-refractivity contribution < 1.29 is 8.42 Å². The number of hydrogen-bond acceptors (Lipinski definition) is 2. The molecule has 2 rings (SSSR count). The van der Waals surface area contributed by atoms with Gasteiger partial charge in [-0.2, -0.15) is 0 Å². The average Bonchev–Trinajstić information content (AvgIpc) is 2.91. The Morgan fingerprint density at radius 1 is 1.27 bits per heavy atom. The Bertz CT molecular complexity index is 437. The van der Waals surface area contributed by atoms with Crippen molar-refractivity contribution in [2.45, 2.75) is 24.6 Å². The number of nitrogens with one attached hydrogen (secondary N) is 1. The summed E-state index contributed by atoms with van der Waals surface area (Å²) >= 11 is 3.31. The third kappa shape index (κ3) is 3.59. The monoisotopic (exact) mass is 289 g/mol. The normalized spacial score (nSPS) is 16.6. The minimum Gasteiger partial charge on any atom is -0.212 e. The Kier molecular flexibility index (Phi) is 3.13. The molecule has 0 amide bonds. The highest BCUT2D eigenvalue weighted by Gasteiger charge is 2.26. The Hall–Kier alpha value is -0.390. The lowest BCUT2D eigenvalue weighted by Gasteiger charge is -2.05. The predicted molar refractivity (Wildman–Crippen MR) is 62.9 cm³/mol. The molecule has 0 radical (unpaired) electrons. The van der Waals surface area contributed by atoms with Crippen LogP contribution in [0, 0.1) is 0 Å². The Balaban J connectivity index is 2.03. The highest BCUT2D eigenvalue weighted by molar-refractivity contribution is 9.10. The van der Waals surface area contributed by atoms with Gasteiger partial charge in [-0.05, 0) is 30.5 Å². The average molecular weight is 290 g/mol. The van der Waals surface area contributed by atoms with E-state index in [9.17, 15) is 8.42 Å². The molecule has 1 aliphatic rings. The van der Waals surface area contributed by atoms with Crippen LogP contribution in [0.25, 0.3) is 0 Å². The fourth-order valence-corrected chi connectivity index (χ4v) is 3.02. The highest BCUT2D eigenvalue weighted by atomic mass is 79.9. The van der Waals surface area contributed by atoms with Gasteiger partial charge in [0.15, 0.2) is 0 Å². The molecule has 1 N–H and O–H groups in total. The smallest absolute Gasteiger partial charge is 0.212 e. The summed E-state index contributed by atoms with van der Waals surface area (Å²) in [7, 11) is -3.15. The molecule has 1 saturated carbocycles. The summed E-state index contributed by atoms with van der Waals surface area (Å²) < 4.78 is 26.8. The van der Waals surface area contributed by atoms with E-state index >= 15 is 0 Å². The molecule has 0 aliphatic heterocycles. The van der Waals surface area contributed by atoms with E-state index in [2.05, 4.69) is 20.7 Å². The van der Waals surface area contributed by atoms with E-state index in [0.29, 0.717) is 0 Å². The Morgan fingerprint density at radius 2 is 1.87 bits per heavy atom. The molecule has 1 aliphatic carbocycles. The Morgan fingerprint density at radius 3 is 2.40 bits per heavy atom. The molecular weight excluding hydrogens is 278 g/mol. The largest absolute Gasteiger partial charge is 0.216 e. The minimum absolute atomic E-state index is 0.0662. The third-order valence-corrected chi connectivity index (χ3v) is 4.13. The van der Waals surface area contributed by atoms with E-state index in [-0.39, 0.29) is 11.8 Å². The van der Waals surface area contributed by atoms with E-state index in [1.165, 1.54) is 0 Å². The van der Waals surface area contributed by atoms with Gasteiger partial charge in [0.05, 0.1) is 5.75 Å². The standard InChI is InChI=1S/C10H12BrNO2S/c11-9-3-1-8(2-4-9)7-15(13,14)12-10-5-6-10/h1-4,10,12H,5-7H2. The molecule has 0 saturated heterocycles. The molecule has 0 heterocycles. The molecular formula is C10H12BrNO2S. The molecule has 3 nitrogen and oxygen atoms in total. The molecule has 15 heavy (non-hydrogen) atoms. The lowest BCUT2D eigenvalue weighted by Crippen LogP contribution is -2.26. The minimum atomic E-state index is -3.15. The van der Waals surface area contributed by atoms with Crippen molar-refractivity contribution in [1.82, 2.24) is 4.72 Å². The van der Waals surface area contributed by atoms with Gasteiger partial charge in [0.1, 0.15) is 0 Å². The number of hydrogen-bond donors (Lipinski definition) is 1. The van der Waals surface area contributed by atoms with E-state index in [1.54, 1.807) is 0 Å². The highest BCUT2D eigenvalue weighted by Crippen LogP contribution is 2.21. The van der Waals surface area contributed by atoms with Gasteiger partial charge in [0, 0.05) is 10.5 Å². The van der Waals surface area contributed by atoms with Gasteiger partial charge in [0.2, 0.25) is 10.0 Å². The first-order valence-electron chi connectivity index (χ1n) is 4.80. The zero-order valence-electron chi connectivity index (χ0n) is 8.11. The maximum atomic E-state index is 11.6. The first-order valence-corrected chi connectivity index (χ1v) is 7.24. The summed E-state index contributed by atoms with van der Waals surface area (Å²) in [5, 5.41) is 0. The Labute approximate surface area is 98.1 Å². The van der Waals surface area contributed by atoms with Crippen LogP contribution in [0.2, 0.25) is 0 Å². The third-order valence-electron chi connectivity index (χ3n) is 2.19. The van der Waals surface area contributed by atoms with Gasteiger partial charge in [-0.15, -0.1) is 0 Å². The van der Waals surface area contributed by atoms with Crippen LogP contribution < -0.4 is 4.72 Å². The molecule has 1 aromatic rings. The van der Waals surface area contributed by atoms with Crippen LogP contribution in [0.3, 0.4) is 0 Å².